The highest BCUT2D eigenvalue weighted by atomic mass is 35.5. The van der Waals surface area contributed by atoms with Crippen molar-refractivity contribution in [3.8, 4) is 0 Å². The van der Waals surface area contributed by atoms with Crippen LogP contribution in [0.25, 0.3) is 16.5 Å². The molecule has 3 heterocycles. The van der Waals surface area contributed by atoms with Crippen LogP contribution in [-0.4, -0.2) is 41.6 Å². The highest BCUT2D eigenvalue weighted by Crippen LogP contribution is 2.31. The number of hydrogen-bond donors (Lipinski definition) is 1. The molecule has 0 saturated carbocycles. The molecule has 1 aromatic carbocycles. The van der Waals surface area contributed by atoms with E-state index in [1.165, 1.54) is 11.1 Å². The summed E-state index contributed by atoms with van der Waals surface area (Å²) in [5.41, 5.74) is 3.55. The Balaban J connectivity index is 1.54. The number of amides is 1. The molecule has 0 spiro atoms. The number of carbonyl (C=O) groups excluding carboxylic acids is 1. The lowest BCUT2D eigenvalue weighted by Gasteiger charge is -2.28. The molecule has 2 aliphatic rings. The van der Waals surface area contributed by atoms with Gasteiger partial charge in [0, 0.05) is 47.4 Å². The van der Waals surface area contributed by atoms with Gasteiger partial charge in [0.05, 0.1) is 0 Å². The van der Waals surface area contributed by atoms with Crippen molar-refractivity contribution in [2.75, 3.05) is 19.7 Å². The molecule has 1 saturated heterocycles. The van der Waals surface area contributed by atoms with E-state index in [1.807, 2.05) is 29.3 Å². The summed E-state index contributed by atoms with van der Waals surface area (Å²) in [4.78, 5) is 17.6. The van der Waals surface area contributed by atoms with Crippen molar-refractivity contribution in [1.82, 2.24) is 9.88 Å². The monoisotopic (exact) mass is 330 g/mol. The van der Waals surface area contributed by atoms with Gasteiger partial charge in [0.1, 0.15) is 6.10 Å². The Kier molecular flexibility index (Phi) is 3.87. The Morgan fingerprint density at radius 1 is 1.39 bits per heavy atom. The fraction of sp³-hybridized carbons (Fsp3) is 0.389. The predicted molar refractivity (Wildman–Crippen MR) is 91.5 cm³/mol. The lowest BCUT2D eigenvalue weighted by Crippen LogP contribution is -2.41. The third kappa shape index (κ3) is 2.77. The minimum atomic E-state index is -0.225. The lowest BCUT2D eigenvalue weighted by molar-refractivity contribution is -0.140. The lowest BCUT2D eigenvalue weighted by atomic mass is 9.98. The quantitative estimate of drug-likeness (QED) is 0.914. The largest absolute Gasteiger partial charge is 0.368 e. The predicted octanol–water partition coefficient (Wildman–Crippen LogP) is 3.62. The van der Waals surface area contributed by atoms with Crippen molar-refractivity contribution in [2.45, 2.75) is 25.4 Å². The van der Waals surface area contributed by atoms with E-state index in [1.54, 1.807) is 0 Å². The summed E-state index contributed by atoms with van der Waals surface area (Å²) in [5, 5.41) is 1.88. The van der Waals surface area contributed by atoms with E-state index in [-0.39, 0.29) is 12.0 Å². The maximum atomic E-state index is 12.4. The van der Waals surface area contributed by atoms with Gasteiger partial charge in [-0.15, -0.1) is 0 Å². The standard InChI is InChI=1S/C18H19ClN2O2/c19-13-3-4-16-14(10-13)15(11-20-16)12-5-7-21(8-6-12)18(22)17-2-1-9-23-17/h3-5,10-11,17,20H,1-2,6-9H2. The first-order chi connectivity index (χ1) is 11.2. The second kappa shape index (κ2) is 6.02. The van der Waals surface area contributed by atoms with Crippen molar-refractivity contribution in [2.24, 2.45) is 0 Å². The third-order valence-corrected chi connectivity index (χ3v) is 4.95. The second-order valence-electron chi connectivity index (χ2n) is 6.16. The van der Waals surface area contributed by atoms with Gasteiger partial charge in [0.2, 0.25) is 0 Å². The fourth-order valence-corrected chi connectivity index (χ4v) is 3.62. The molecule has 1 unspecified atom stereocenters. The Morgan fingerprint density at radius 2 is 2.30 bits per heavy atom. The molecule has 4 nitrogen and oxygen atoms in total. The first kappa shape index (κ1) is 14.8. The number of ether oxygens (including phenoxy) is 1. The Labute approximate surface area is 140 Å². The van der Waals surface area contributed by atoms with E-state index in [4.69, 9.17) is 16.3 Å². The zero-order chi connectivity index (χ0) is 15.8. The second-order valence-corrected chi connectivity index (χ2v) is 6.59. The number of hydrogen-bond acceptors (Lipinski definition) is 2. The molecule has 2 aromatic rings. The number of aromatic nitrogens is 1. The van der Waals surface area contributed by atoms with Crippen molar-refractivity contribution in [3.05, 3.63) is 41.1 Å². The Morgan fingerprint density at radius 3 is 3.04 bits per heavy atom. The van der Waals surface area contributed by atoms with Crippen LogP contribution in [0, 0.1) is 0 Å². The molecular weight excluding hydrogens is 312 g/mol. The van der Waals surface area contributed by atoms with Gasteiger partial charge in [-0.3, -0.25) is 4.79 Å². The number of rotatable bonds is 2. The Bertz CT molecular complexity index is 774. The van der Waals surface area contributed by atoms with Gasteiger partial charge in [-0.05, 0) is 43.0 Å². The number of carbonyl (C=O) groups is 1. The van der Waals surface area contributed by atoms with Crippen LogP contribution in [0.5, 0.6) is 0 Å². The zero-order valence-corrected chi connectivity index (χ0v) is 13.6. The Hall–Kier alpha value is -1.78. The SMILES string of the molecule is O=C(C1CCCO1)N1CC=C(c2c[nH]c3ccc(Cl)cc23)CC1. The molecule has 120 valence electrons. The first-order valence-corrected chi connectivity index (χ1v) is 8.46. The number of benzene rings is 1. The van der Waals surface area contributed by atoms with Gasteiger partial charge in [-0.2, -0.15) is 0 Å². The summed E-state index contributed by atoms with van der Waals surface area (Å²) < 4.78 is 5.51. The third-order valence-electron chi connectivity index (χ3n) is 4.72. The van der Waals surface area contributed by atoms with E-state index in [2.05, 4.69) is 11.1 Å². The van der Waals surface area contributed by atoms with E-state index < -0.39 is 0 Å². The van der Waals surface area contributed by atoms with Crippen LogP contribution in [0.15, 0.2) is 30.5 Å². The zero-order valence-electron chi connectivity index (χ0n) is 12.8. The van der Waals surface area contributed by atoms with Crippen LogP contribution in [0.2, 0.25) is 5.02 Å². The minimum absolute atomic E-state index is 0.139. The van der Waals surface area contributed by atoms with Gasteiger partial charge in [0.15, 0.2) is 0 Å². The van der Waals surface area contributed by atoms with Crippen LogP contribution in [0.4, 0.5) is 0 Å². The average molecular weight is 331 g/mol. The highest BCUT2D eigenvalue weighted by Gasteiger charge is 2.29. The number of nitrogens with one attached hydrogen (secondary N) is 1. The summed E-state index contributed by atoms with van der Waals surface area (Å²) in [7, 11) is 0. The smallest absolute Gasteiger partial charge is 0.251 e. The van der Waals surface area contributed by atoms with E-state index >= 15 is 0 Å². The van der Waals surface area contributed by atoms with E-state index in [0.29, 0.717) is 13.2 Å². The molecule has 0 aliphatic carbocycles. The molecule has 1 aromatic heterocycles. The topological polar surface area (TPSA) is 45.3 Å². The number of nitrogens with zero attached hydrogens (tertiary/aromatic N) is 1. The number of halogens is 1. The van der Waals surface area contributed by atoms with Crippen LogP contribution in [0.1, 0.15) is 24.8 Å². The molecule has 5 heteroatoms. The maximum absolute atomic E-state index is 12.4. The molecular formula is C18H19ClN2O2. The van der Waals surface area contributed by atoms with Crippen LogP contribution in [0.3, 0.4) is 0 Å². The fourth-order valence-electron chi connectivity index (χ4n) is 3.45. The maximum Gasteiger partial charge on any atom is 0.251 e. The van der Waals surface area contributed by atoms with Crippen LogP contribution in [-0.2, 0) is 9.53 Å². The van der Waals surface area contributed by atoms with Gasteiger partial charge >= 0.3 is 0 Å². The number of aromatic amines is 1. The average Bonchev–Trinajstić information content (AvgIpc) is 3.24. The molecule has 1 amide bonds. The molecule has 1 N–H and O–H groups in total. The summed E-state index contributed by atoms with van der Waals surface area (Å²) in [6.45, 7) is 2.11. The normalized spacial score (nSPS) is 21.7. The highest BCUT2D eigenvalue weighted by molar-refractivity contribution is 6.31. The molecule has 23 heavy (non-hydrogen) atoms. The van der Waals surface area contributed by atoms with Gasteiger partial charge in [-0.25, -0.2) is 0 Å². The number of fused-ring (bicyclic) bond motifs is 1. The van der Waals surface area contributed by atoms with Gasteiger partial charge in [-0.1, -0.05) is 17.7 Å². The van der Waals surface area contributed by atoms with E-state index in [9.17, 15) is 4.79 Å². The van der Waals surface area contributed by atoms with Crippen molar-refractivity contribution < 1.29 is 9.53 Å². The summed E-state index contributed by atoms with van der Waals surface area (Å²) in [5.74, 6) is 0.139. The van der Waals surface area contributed by atoms with Crippen LogP contribution >= 0.6 is 11.6 Å². The first-order valence-electron chi connectivity index (χ1n) is 8.09. The summed E-state index contributed by atoms with van der Waals surface area (Å²) in [6, 6.07) is 5.88. The van der Waals surface area contributed by atoms with Crippen molar-refractivity contribution in [1.29, 1.82) is 0 Å². The minimum Gasteiger partial charge on any atom is -0.368 e. The molecule has 1 atom stereocenters. The molecule has 1 fully saturated rings. The van der Waals surface area contributed by atoms with Crippen LogP contribution < -0.4 is 0 Å². The van der Waals surface area contributed by atoms with Gasteiger partial charge in [0.25, 0.3) is 5.91 Å². The van der Waals surface area contributed by atoms with Gasteiger partial charge < -0.3 is 14.6 Å². The molecule has 4 rings (SSSR count). The molecule has 0 bridgehead atoms. The van der Waals surface area contributed by atoms with E-state index in [0.717, 1.165) is 41.7 Å². The molecule has 0 radical (unpaired) electrons. The summed E-state index contributed by atoms with van der Waals surface area (Å²) >= 11 is 6.12. The summed E-state index contributed by atoms with van der Waals surface area (Å²) in [6.07, 6.45) is 6.66. The molecule has 2 aliphatic heterocycles. The van der Waals surface area contributed by atoms with Crippen molar-refractivity contribution in [3.63, 3.8) is 0 Å². The van der Waals surface area contributed by atoms with Crippen molar-refractivity contribution >= 4 is 34.0 Å². The number of H-pyrrole nitrogens is 1.